The molecule has 1 N–H and O–H groups in total. The zero-order valence-corrected chi connectivity index (χ0v) is 17.3. The Balaban J connectivity index is 1.27. The molecular weight excluding hydrogens is 372 g/mol. The number of hydrogen-bond donors (Lipinski definition) is 1. The summed E-state index contributed by atoms with van der Waals surface area (Å²) >= 11 is 0. The largest absolute Gasteiger partial charge is 0.375 e. The normalized spacial score (nSPS) is 26.8. The summed E-state index contributed by atoms with van der Waals surface area (Å²) in [5.74, 6) is 1.27. The van der Waals surface area contributed by atoms with Gasteiger partial charge in [-0.2, -0.15) is 0 Å². The van der Waals surface area contributed by atoms with Crippen molar-refractivity contribution >= 4 is 15.7 Å². The van der Waals surface area contributed by atoms with E-state index in [0.29, 0.717) is 24.1 Å². The van der Waals surface area contributed by atoms with Gasteiger partial charge in [-0.3, -0.25) is 4.72 Å². The molecule has 6 heteroatoms. The van der Waals surface area contributed by atoms with Crippen LogP contribution in [0, 0.1) is 11.8 Å². The second-order valence-corrected chi connectivity index (χ2v) is 10.00. The van der Waals surface area contributed by atoms with Crippen molar-refractivity contribution in [3.8, 4) is 0 Å². The van der Waals surface area contributed by atoms with Crippen LogP contribution in [-0.4, -0.2) is 45.8 Å². The molecule has 1 saturated heterocycles. The zero-order valence-electron chi connectivity index (χ0n) is 16.5. The highest BCUT2D eigenvalue weighted by Gasteiger charge is 2.65. The van der Waals surface area contributed by atoms with Gasteiger partial charge >= 0.3 is 0 Å². The maximum Gasteiger partial charge on any atom is 0.229 e. The Hall–Kier alpha value is -1.89. The van der Waals surface area contributed by atoms with Crippen molar-refractivity contribution in [3.05, 3.63) is 65.7 Å². The van der Waals surface area contributed by atoms with E-state index < -0.39 is 10.0 Å². The molecule has 1 aliphatic carbocycles. The van der Waals surface area contributed by atoms with Gasteiger partial charge in [-0.15, -0.1) is 0 Å². The van der Waals surface area contributed by atoms with E-state index in [1.165, 1.54) is 17.4 Å². The van der Waals surface area contributed by atoms with Gasteiger partial charge in [-0.1, -0.05) is 49.4 Å². The number of fused-ring (bicyclic) bond motifs is 1. The van der Waals surface area contributed by atoms with Crippen LogP contribution in [-0.2, 0) is 26.8 Å². The first-order chi connectivity index (χ1) is 13.4. The number of rotatable bonds is 8. The highest BCUT2D eigenvalue weighted by molar-refractivity contribution is 7.92. The molecule has 0 spiro atoms. The number of likely N-dealkylation sites (tertiary alicyclic amines) is 1. The summed E-state index contributed by atoms with van der Waals surface area (Å²) in [7, 11) is -3.25. The third-order valence-corrected chi connectivity index (χ3v) is 6.88. The van der Waals surface area contributed by atoms with Gasteiger partial charge in [-0.05, 0) is 35.1 Å². The van der Waals surface area contributed by atoms with E-state index in [4.69, 9.17) is 4.74 Å². The Labute approximate surface area is 167 Å². The van der Waals surface area contributed by atoms with Gasteiger partial charge in [0.25, 0.3) is 0 Å². The minimum atomic E-state index is -3.25. The van der Waals surface area contributed by atoms with Crippen LogP contribution < -0.4 is 4.72 Å². The number of piperidine rings is 1. The van der Waals surface area contributed by atoms with Crippen LogP contribution in [0.4, 0.5) is 5.69 Å². The van der Waals surface area contributed by atoms with Crippen LogP contribution in [0.25, 0.3) is 0 Å². The molecule has 28 heavy (non-hydrogen) atoms. The minimum Gasteiger partial charge on any atom is -0.375 e. The first kappa shape index (κ1) is 19.4. The molecule has 1 saturated carbocycles. The first-order valence-electron chi connectivity index (χ1n) is 9.78. The Morgan fingerprint density at radius 1 is 1.11 bits per heavy atom. The summed E-state index contributed by atoms with van der Waals surface area (Å²) in [6.45, 7) is 6.86. The Morgan fingerprint density at radius 2 is 1.82 bits per heavy atom. The van der Waals surface area contributed by atoms with Crippen molar-refractivity contribution in [2.24, 2.45) is 11.8 Å². The fraction of sp³-hybridized carbons (Fsp3) is 0.455. The maximum absolute atomic E-state index is 11.5. The molecular formula is C22H28N2O3S. The van der Waals surface area contributed by atoms with Crippen LogP contribution in [0.3, 0.4) is 0 Å². The standard InChI is InChI=1S/C22H28N2O3S/c1-22(18-9-6-10-19(13-18)23-28(2,25)26)20-14-24(15-21(20)22)11-12-27-16-17-7-4-3-5-8-17/h3-10,13,20-21,23H,11-12,14-16H2,1-2H3. The van der Waals surface area contributed by atoms with E-state index >= 15 is 0 Å². The van der Waals surface area contributed by atoms with E-state index in [0.717, 1.165) is 26.2 Å². The number of benzene rings is 2. The lowest BCUT2D eigenvalue weighted by Crippen LogP contribution is -2.31. The molecule has 1 heterocycles. The van der Waals surface area contributed by atoms with Gasteiger partial charge in [0.15, 0.2) is 0 Å². The van der Waals surface area contributed by atoms with Crippen LogP contribution in [0.5, 0.6) is 0 Å². The van der Waals surface area contributed by atoms with Crippen molar-refractivity contribution in [1.29, 1.82) is 0 Å². The average Bonchev–Trinajstić information content (AvgIpc) is 3.01. The first-order valence-corrected chi connectivity index (χ1v) is 11.7. The lowest BCUT2D eigenvalue weighted by atomic mass is 9.92. The Kier molecular flexibility index (Phi) is 5.21. The van der Waals surface area contributed by atoms with E-state index in [9.17, 15) is 8.42 Å². The third-order valence-electron chi connectivity index (χ3n) is 6.28. The predicted molar refractivity (Wildman–Crippen MR) is 112 cm³/mol. The lowest BCUT2D eigenvalue weighted by Gasteiger charge is -2.24. The van der Waals surface area contributed by atoms with Gasteiger partial charge in [0, 0.05) is 30.7 Å². The van der Waals surface area contributed by atoms with Crippen molar-refractivity contribution in [1.82, 2.24) is 4.90 Å². The molecule has 2 unspecified atom stereocenters. The van der Waals surface area contributed by atoms with Crippen molar-refractivity contribution in [3.63, 3.8) is 0 Å². The second kappa shape index (κ2) is 7.50. The van der Waals surface area contributed by atoms with Crippen LogP contribution >= 0.6 is 0 Å². The highest BCUT2D eigenvalue weighted by atomic mass is 32.2. The number of ether oxygens (including phenoxy) is 1. The van der Waals surface area contributed by atoms with Gasteiger partial charge < -0.3 is 9.64 Å². The predicted octanol–water partition coefficient (Wildman–Crippen LogP) is 3.09. The van der Waals surface area contributed by atoms with E-state index in [2.05, 4.69) is 34.7 Å². The van der Waals surface area contributed by atoms with Gasteiger partial charge in [0.1, 0.15) is 0 Å². The van der Waals surface area contributed by atoms with Gasteiger partial charge in [0.05, 0.1) is 19.5 Å². The number of hydrogen-bond acceptors (Lipinski definition) is 4. The molecule has 2 fully saturated rings. The summed E-state index contributed by atoms with van der Waals surface area (Å²) in [4.78, 5) is 2.49. The topological polar surface area (TPSA) is 58.6 Å². The highest BCUT2D eigenvalue weighted by Crippen LogP contribution is 2.63. The SMILES string of the molecule is CC1(c2cccc(NS(C)(=O)=O)c2)C2CN(CCOCc3ccccc3)CC21. The molecule has 150 valence electrons. The zero-order chi connectivity index (χ0) is 19.8. The van der Waals surface area contributed by atoms with Crippen molar-refractivity contribution in [2.45, 2.75) is 18.9 Å². The summed E-state index contributed by atoms with van der Waals surface area (Å²) in [5, 5.41) is 0. The van der Waals surface area contributed by atoms with E-state index in [1.54, 1.807) is 0 Å². The van der Waals surface area contributed by atoms with Gasteiger partial charge in [0.2, 0.25) is 10.0 Å². The summed E-state index contributed by atoms with van der Waals surface area (Å²) < 4.78 is 31.4. The number of anilines is 1. The fourth-order valence-electron chi connectivity index (χ4n) is 4.66. The molecule has 4 rings (SSSR count). The van der Waals surface area contributed by atoms with Crippen LogP contribution in [0.2, 0.25) is 0 Å². The molecule has 2 aromatic carbocycles. The quantitative estimate of drug-likeness (QED) is 0.692. The monoisotopic (exact) mass is 400 g/mol. The number of sulfonamides is 1. The van der Waals surface area contributed by atoms with Crippen LogP contribution in [0.1, 0.15) is 18.1 Å². The van der Waals surface area contributed by atoms with E-state index in [1.807, 2.05) is 36.4 Å². The van der Waals surface area contributed by atoms with Crippen LogP contribution in [0.15, 0.2) is 54.6 Å². The van der Waals surface area contributed by atoms with Gasteiger partial charge in [-0.25, -0.2) is 8.42 Å². The molecule has 2 atom stereocenters. The second-order valence-electron chi connectivity index (χ2n) is 8.25. The molecule has 2 aromatic rings. The Morgan fingerprint density at radius 3 is 2.50 bits per heavy atom. The Bertz CT molecular complexity index is 918. The summed E-state index contributed by atoms with van der Waals surface area (Å²) in [6, 6.07) is 18.1. The summed E-state index contributed by atoms with van der Waals surface area (Å²) in [5.41, 5.74) is 3.24. The molecule has 0 amide bonds. The van der Waals surface area contributed by atoms with E-state index in [-0.39, 0.29) is 5.41 Å². The molecule has 1 aliphatic heterocycles. The molecule has 0 radical (unpaired) electrons. The molecule has 0 aromatic heterocycles. The lowest BCUT2D eigenvalue weighted by molar-refractivity contribution is 0.0941. The van der Waals surface area contributed by atoms with Crippen molar-refractivity contribution in [2.75, 3.05) is 37.2 Å². The average molecular weight is 401 g/mol. The maximum atomic E-state index is 11.5. The third kappa shape index (κ3) is 4.09. The minimum absolute atomic E-state index is 0.149. The smallest absolute Gasteiger partial charge is 0.229 e. The number of nitrogens with zero attached hydrogens (tertiary/aromatic N) is 1. The number of nitrogens with one attached hydrogen (secondary N) is 1. The molecule has 0 bridgehead atoms. The van der Waals surface area contributed by atoms with Crippen molar-refractivity contribution < 1.29 is 13.2 Å². The summed E-state index contributed by atoms with van der Waals surface area (Å²) in [6.07, 6.45) is 1.19. The molecule has 5 nitrogen and oxygen atoms in total. The molecule has 2 aliphatic rings. The fourth-order valence-corrected chi connectivity index (χ4v) is 5.22.